The standard InChI is InChI=1S/C21H22N4O4S/c1-13-5-3-4-6-16(13)27-11-19-23-21(25-24-19)30-14(2)20(26)22-10-15-7-8-17-18(9-15)29-12-28-17/h3-9,14H,10-12H2,1-2H3,(H,22,26)(H,23,24,25)/t14-/m1/s1. The number of nitrogens with one attached hydrogen (secondary N) is 2. The van der Waals surface area contributed by atoms with Crippen LogP contribution in [0.3, 0.4) is 0 Å². The molecule has 30 heavy (non-hydrogen) atoms. The highest BCUT2D eigenvalue weighted by atomic mass is 32.2. The van der Waals surface area contributed by atoms with E-state index in [1.165, 1.54) is 11.8 Å². The number of aromatic nitrogens is 3. The number of carbonyl (C=O) groups is 1. The second-order valence-corrected chi connectivity index (χ2v) is 8.09. The van der Waals surface area contributed by atoms with Gasteiger partial charge in [-0.1, -0.05) is 36.0 Å². The Bertz CT molecular complexity index is 1040. The maximum Gasteiger partial charge on any atom is 0.233 e. The summed E-state index contributed by atoms with van der Waals surface area (Å²) in [6, 6.07) is 13.4. The zero-order chi connectivity index (χ0) is 20.9. The first-order valence-electron chi connectivity index (χ1n) is 9.51. The average molecular weight is 426 g/mol. The van der Waals surface area contributed by atoms with Crippen molar-refractivity contribution in [3.8, 4) is 17.2 Å². The van der Waals surface area contributed by atoms with Gasteiger partial charge in [-0.05, 0) is 43.2 Å². The number of rotatable bonds is 8. The monoisotopic (exact) mass is 426 g/mol. The number of ether oxygens (including phenoxy) is 3. The third-order valence-electron chi connectivity index (χ3n) is 4.52. The van der Waals surface area contributed by atoms with Crippen molar-refractivity contribution in [2.45, 2.75) is 37.4 Å². The largest absolute Gasteiger partial charge is 0.485 e. The van der Waals surface area contributed by atoms with Gasteiger partial charge in [-0.3, -0.25) is 9.89 Å². The minimum atomic E-state index is -0.347. The van der Waals surface area contributed by atoms with Gasteiger partial charge in [0.25, 0.3) is 0 Å². The van der Waals surface area contributed by atoms with Gasteiger partial charge in [0.15, 0.2) is 17.3 Å². The van der Waals surface area contributed by atoms with Crippen LogP contribution in [0, 0.1) is 6.92 Å². The number of aromatic amines is 1. The highest BCUT2D eigenvalue weighted by molar-refractivity contribution is 8.00. The number of H-pyrrole nitrogens is 1. The third kappa shape index (κ3) is 4.85. The molecule has 1 aliphatic heterocycles. The predicted molar refractivity (Wildman–Crippen MR) is 112 cm³/mol. The minimum absolute atomic E-state index is 0.0971. The van der Waals surface area contributed by atoms with Crippen molar-refractivity contribution in [1.82, 2.24) is 20.5 Å². The third-order valence-corrected chi connectivity index (χ3v) is 5.49. The Morgan fingerprint density at radius 1 is 1.27 bits per heavy atom. The van der Waals surface area contributed by atoms with E-state index in [1.807, 2.05) is 56.3 Å². The molecule has 1 aromatic heterocycles. The van der Waals surface area contributed by atoms with Crippen LogP contribution in [0.5, 0.6) is 17.2 Å². The number of nitrogens with zero attached hydrogens (tertiary/aromatic N) is 2. The van der Waals surface area contributed by atoms with E-state index in [2.05, 4.69) is 20.5 Å². The van der Waals surface area contributed by atoms with Crippen LogP contribution in [0.2, 0.25) is 0 Å². The lowest BCUT2D eigenvalue weighted by atomic mass is 10.2. The molecule has 9 heteroatoms. The summed E-state index contributed by atoms with van der Waals surface area (Å²) in [5.74, 6) is 2.74. The van der Waals surface area contributed by atoms with Gasteiger partial charge in [0.1, 0.15) is 12.4 Å². The summed E-state index contributed by atoms with van der Waals surface area (Å²) in [7, 11) is 0. The molecule has 2 heterocycles. The van der Waals surface area contributed by atoms with Crippen molar-refractivity contribution >= 4 is 17.7 Å². The number of aryl methyl sites for hydroxylation is 1. The van der Waals surface area contributed by atoms with Gasteiger partial charge in [-0.25, -0.2) is 4.98 Å². The van der Waals surface area contributed by atoms with E-state index in [0.29, 0.717) is 23.3 Å². The number of carbonyl (C=O) groups excluding carboxylic acids is 1. The number of benzene rings is 2. The van der Waals surface area contributed by atoms with E-state index in [1.54, 1.807) is 0 Å². The molecule has 1 aliphatic rings. The topological polar surface area (TPSA) is 98.4 Å². The summed E-state index contributed by atoms with van der Waals surface area (Å²) in [6.45, 7) is 4.72. The number of fused-ring (bicyclic) bond motifs is 1. The quantitative estimate of drug-likeness (QED) is 0.534. The van der Waals surface area contributed by atoms with Gasteiger partial charge in [0, 0.05) is 6.54 Å². The molecular formula is C21H22N4O4S. The van der Waals surface area contributed by atoms with Gasteiger partial charge in [-0.2, -0.15) is 0 Å². The van der Waals surface area contributed by atoms with E-state index < -0.39 is 0 Å². The highest BCUT2D eigenvalue weighted by Crippen LogP contribution is 2.32. The molecule has 0 unspecified atom stereocenters. The van der Waals surface area contributed by atoms with Crippen LogP contribution in [0.4, 0.5) is 0 Å². The first-order chi connectivity index (χ1) is 14.6. The minimum Gasteiger partial charge on any atom is -0.485 e. The summed E-state index contributed by atoms with van der Waals surface area (Å²) in [6.07, 6.45) is 0. The Labute approximate surface area is 178 Å². The molecule has 1 amide bonds. The molecular weight excluding hydrogens is 404 g/mol. The lowest BCUT2D eigenvalue weighted by molar-refractivity contribution is -0.120. The second-order valence-electron chi connectivity index (χ2n) is 6.78. The smallest absolute Gasteiger partial charge is 0.233 e. The van der Waals surface area contributed by atoms with E-state index in [0.717, 1.165) is 22.6 Å². The van der Waals surface area contributed by atoms with Crippen LogP contribution in [-0.2, 0) is 17.9 Å². The van der Waals surface area contributed by atoms with E-state index >= 15 is 0 Å². The van der Waals surface area contributed by atoms with Gasteiger partial charge >= 0.3 is 0 Å². The van der Waals surface area contributed by atoms with Crippen LogP contribution >= 0.6 is 11.8 Å². The summed E-state index contributed by atoms with van der Waals surface area (Å²) in [5.41, 5.74) is 2.00. The zero-order valence-corrected chi connectivity index (χ0v) is 17.5. The molecule has 3 aromatic rings. The van der Waals surface area contributed by atoms with Gasteiger partial charge in [0.05, 0.1) is 5.25 Å². The zero-order valence-electron chi connectivity index (χ0n) is 16.7. The lowest BCUT2D eigenvalue weighted by Crippen LogP contribution is -2.30. The fourth-order valence-electron chi connectivity index (χ4n) is 2.85. The number of amides is 1. The Hall–Kier alpha value is -3.20. The molecule has 0 radical (unpaired) electrons. The average Bonchev–Trinajstić information content (AvgIpc) is 3.40. The molecule has 8 nitrogen and oxygen atoms in total. The summed E-state index contributed by atoms with van der Waals surface area (Å²) in [5, 5.41) is 10.1. The van der Waals surface area contributed by atoms with Crippen LogP contribution in [-0.4, -0.2) is 33.1 Å². The van der Waals surface area contributed by atoms with Crippen LogP contribution < -0.4 is 19.5 Å². The van der Waals surface area contributed by atoms with Crippen molar-refractivity contribution in [3.63, 3.8) is 0 Å². The number of hydrogen-bond donors (Lipinski definition) is 2. The SMILES string of the molecule is Cc1ccccc1OCc1nc(S[C@H](C)C(=O)NCc2ccc3c(c2)OCO3)n[nH]1. The molecule has 0 spiro atoms. The number of hydrogen-bond acceptors (Lipinski definition) is 7. The van der Waals surface area contributed by atoms with Crippen LogP contribution in [0.1, 0.15) is 23.9 Å². The molecule has 4 rings (SSSR count). The normalized spacial score (nSPS) is 13.1. The van der Waals surface area contributed by atoms with Crippen molar-refractivity contribution in [3.05, 3.63) is 59.4 Å². The fourth-order valence-corrected chi connectivity index (χ4v) is 3.62. The first kappa shape index (κ1) is 20.1. The molecule has 0 saturated carbocycles. The summed E-state index contributed by atoms with van der Waals surface area (Å²) >= 11 is 1.29. The Morgan fingerprint density at radius 3 is 2.97 bits per heavy atom. The second kappa shape index (κ2) is 9.08. The van der Waals surface area contributed by atoms with Gasteiger partial charge < -0.3 is 19.5 Å². The van der Waals surface area contributed by atoms with Gasteiger partial charge in [0.2, 0.25) is 17.9 Å². The maximum absolute atomic E-state index is 12.4. The lowest BCUT2D eigenvalue weighted by Gasteiger charge is -2.10. The van der Waals surface area contributed by atoms with Crippen LogP contribution in [0.25, 0.3) is 0 Å². The van der Waals surface area contributed by atoms with Crippen molar-refractivity contribution in [2.24, 2.45) is 0 Å². The molecule has 0 aliphatic carbocycles. The van der Waals surface area contributed by atoms with E-state index in [4.69, 9.17) is 14.2 Å². The molecule has 0 saturated heterocycles. The fraction of sp³-hybridized carbons (Fsp3) is 0.286. The Kier molecular flexibility index (Phi) is 6.08. The summed E-state index contributed by atoms with van der Waals surface area (Å²) in [4.78, 5) is 16.8. The number of para-hydroxylation sites is 1. The van der Waals surface area contributed by atoms with Crippen molar-refractivity contribution in [1.29, 1.82) is 0 Å². The Morgan fingerprint density at radius 2 is 2.10 bits per heavy atom. The highest BCUT2D eigenvalue weighted by Gasteiger charge is 2.18. The van der Waals surface area contributed by atoms with Crippen molar-refractivity contribution in [2.75, 3.05) is 6.79 Å². The first-order valence-corrected chi connectivity index (χ1v) is 10.4. The van der Waals surface area contributed by atoms with Gasteiger partial charge in [-0.15, -0.1) is 5.10 Å². The molecule has 2 N–H and O–H groups in total. The maximum atomic E-state index is 12.4. The molecule has 156 valence electrons. The van der Waals surface area contributed by atoms with E-state index in [-0.39, 0.29) is 24.6 Å². The van der Waals surface area contributed by atoms with E-state index in [9.17, 15) is 4.79 Å². The van der Waals surface area contributed by atoms with Crippen LogP contribution in [0.15, 0.2) is 47.6 Å². The summed E-state index contributed by atoms with van der Waals surface area (Å²) < 4.78 is 16.4. The number of thioether (sulfide) groups is 1. The molecule has 0 fully saturated rings. The molecule has 2 aromatic carbocycles. The van der Waals surface area contributed by atoms with Crippen molar-refractivity contribution < 1.29 is 19.0 Å². The molecule has 0 bridgehead atoms. The Balaban J connectivity index is 1.26. The predicted octanol–water partition coefficient (Wildman–Crippen LogP) is 3.22. The molecule has 1 atom stereocenters.